The average Bonchev–Trinajstić information content (AvgIpc) is 3.44. The van der Waals surface area contributed by atoms with Gasteiger partial charge in [0.05, 0.1) is 30.6 Å². The number of hydrogen-bond acceptors (Lipinski definition) is 7. The maximum Gasteiger partial charge on any atom is 0.339 e. The number of anilines is 1. The fourth-order valence-corrected chi connectivity index (χ4v) is 5.74. The minimum atomic E-state index is -0.380. The summed E-state index contributed by atoms with van der Waals surface area (Å²) in [5.41, 5.74) is 3.70. The van der Waals surface area contributed by atoms with Gasteiger partial charge in [0, 0.05) is 62.6 Å². The molecule has 36 heavy (non-hydrogen) atoms. The van der Waals surface area contributed by atoms with Gasteiger partial charge >= 0.3 is 5.97 Å². The van der Waals surface area contributed by atoms with E-state index in [-0.39, 0.29) is 11.9 Å². The molecule has 0 saturated carbocycles. The predicted molar refractivity (Wildman–Crippen MR) is 134 cm³/mol. The smallest absolute Gasteiger partial charge is 0.339 e. The SMILES string of the molecule is COC(=O)c1ccc(N2CC3CCC(C2)N3CC(=O)N2CCc3nn(-c4ccccc4)cc3C2)nc1. The summed E-state index contributed by atoms with van der Waals surface area (Å²) in [4.78, 5) is 36.2. The van der Waals surface area contributed by atoms with E-state index in [1.807, 2.05) is 46.0 Å². The van der Waals surface area contributed by atoms with Gasteiger partial charge in [-0.3, -0.25) is 9.69 Å². The second-order valence-corrected chi connectivity index (χ2v) is 9.81. The van der Waals surface area contributed by atoms with Crippen molar-refractivity contribution < 1.29 is 14.3 Å². The van der Waals surface area contributed by atoms with Crippen LogP contribution in [0.15, 0.2) is 54.9 Å². The third-order valence-corrected chi connectivity index (χ3v) is 7.67. The summed E-state index contributed by atoms with van der Waals surface area (Å²) in [7, 11) is 1.37. The molecule has 2 bridgehead atoms. The number of benzene rings is 1. The first-order valence-corrected chi connectivity index (χ1v) is 12.5. The van der Waals surface area contributed by atoms with Crippen LogP contribution in [-0.4, -0.2) is 81.8 Å². The van der Waals surface area contributed by atoms with Gasteiger partial charge in [-0.2, -0.15) is 5.10 Å². The summed E-state index contributed by atoms with van der Waals surface area (Å²) in [5.74, 6) is 0.679. The van der Waals surface area contributed by atoms with Crippen LogP contribution < -0.4 is 4.90 Å². The highest BCUT2D eigenvalue weighted by atomic mass is 16.5. The number of carbonyl (C=O) groups is 2. The van der Waals surface area contributed by atoms with Crippen molar-refractivity contribution in [1.29, 1.82) is 0 Å². The molecule has 3 aliphatic heterocycles. The Morgan fingerprint density at radius 2 is 1.83 bits per heavy atom. The molecule has 3 aliphatic rings. The molecule has 2 fully saturated rings. The van der Waals surface area contributed by atoms with E-state index < -0.39 is 0 Å². The lowest BCUT2D eigenvalue weighted by Crippen LogP contribution is -2.56. The number of pyridine rings is 1. The number of esters is 1. The Balaban J connectivity index is 1.09. The standard InChI is InChI=1S/C27H30N6O3/c1-36-27(35)19-7-10-25(28-13-19)31-16-22-8-9-23(17-31)32(22)18-26(34)30-12-11-24-20(14-30)15-33(29-24)21-5-3-2-4-6-21/h2-7,10,13,15,22-23H,8-9,11-12,14,16-18H2,1H3. The first-order valence-electron chi connectivity index (χ1n) is 12.5. The van der Waals surface area contributed by atoms with Gasteiger partial charge in [-0.15, -0.1) is 0 Å². The second-order valence-electron chi connectivity index (χ2n) is 9.81. The molecule has 2 saturated heterocycles. The normalized spacial score (nSPS) is 21.4. The van der Waals surface area contributed by atoms with Crippen molar-refractivity contribution in [2.24, 2.45) is 0 Å². The Morgan fingerprint density at radius 3 is 2.53 bits per heavy atom. The summed E-state index contributed by atoms with van der Waals surface area (Å²) < 4.78 is 6.69. The number of hydrogen-bond donors (Lipinski definition) is 0. The Labute approximate surface area is 210 Å². The molecule has 6 rings (SSSR count). The van der Waals surface area contributed by atoms with E-state index in [0.29, 0.717) is 37.3 Å². The van der Waals surface area contributed by atoms with E-state index in [9.17, 15) is 9.59 Å². The molecule has 0 aliphatic carbocycles. The minimum absolute atomic E-state index is 0.194. The summed E-state index contributed by atoms with van der Waals surface area (Å²) in [6, 6.07) is 14.4. The zero-order valence-corrected chi connectivity index (χ0v) is 20.4. The van der Waals surface area contributed by atoms with E-state index in [0.717, 1.165) is 55.1 Å². The van der Waals surface area contributed by atoms with Crippen LogP contribution in [0.4, 0.5) is 5.82 Å². The molecule has 186 valence electrons. The Hall–Kier alpha value is -3.72. The third-order valence-electron chi connectivity index (χ3n) is 7.67. The molecule has 0 spiro atoms. The van der Waals surface area contributed by atoms with Crippen molar-refractivity contribution in [1.82, 2.24) is 24.6 Å². The van der Waals surface area contributed by atoms with Crippen LogP contribution in [-0.2, 0) is 22.5 Å². The first-order chi connectivity index (χ1) is 17.6. The number of rotatable bonds is 5. The maximum absolute atomic E-state index is 13.3. The van der Waals surface area contributed by atoms with Crippen molar-refractivity contribution >= 4 is 17.7 Å². The van der Waals surface area contributed by atoms with Gasteiger partial charge in [0.1, 0.15) is 5.82 Å². The number of fused-ring (bicyclic) bond motifs is 3. The fraction of sp³-hybridized carbons (Fsp3) is 0.407. The molecular formula is C27H30N6O3. The summed E-state index contributed by atoms with van der Waals surface area (Å²) in [5, 5.41) is 4.75. The molecule has 0 radical (unpaired) electrons. The van der Waals surface area contributed by atoms with Gasteiger partial charge in [-0.25, -0.2) is 14.5 Å². The number of ether oxygens (including phenoxy) is 1. The highest BCUT2D eigenvalue weighted by molar-refractivity contribution is 5.89. The Kier molecular flexibility index (Phi) is 5.92. The van der Waals surface area contributed by atoms with Gasteiger partial charge < -0.3 is 14.5 Å². The van der Waals surface area contributed by atoms with Crippen LogP contribution in [0.5, 0.6) is 0 Å². The van der Waals surface area contributed by atoms with E-state index >= 15 is 0 Å². The van der Waals surface area contributed by atoms with Crippen molar-refractivity contribution in [3.63, 3.8) is 0 Å². The number of nitrogens with zero attached hydrogens (tertiary/aromatic N) is 6. The molecule has 5 heterocycles. The lowest BCUT2D eigenvalue weighted by molar-refractivity contribution is -0.134. The number of aromatic nitrogens is 3. The van der Waals surface area contributed by atoms with Crippen LogP contribution in [0.2, 0.25) is 0 Å². The summed E-state index contributed by atoms with van der Waals surface area (Å²) in [6.45, 7) is 3.46. The fourth-order valence-electron chi connectivity index (χ4n) is 5.74. The summed E-state index contributed by atoms with van der Waals surface area (Å²) >= 11 is 0. The van der Waals surface area contributed by atoms with Gasteiger partial charge in [0.25, 0.3) is 0 Å². The van der Waals surface area contributed by atoms with E-state index in [1.165, 1.54) is 7.11 Å². The molecular weight excluding hydrogens is 456 g/mol. The molecule has 2 aromatic heterocycles. The molecule has 3 aromatic rings. The second kappa shape index (κ2) is 9.39. The number of amides is 1. The van der Waals surface area contributed by atoms with E-state index in [1.54, 1.807) is 12.3 Å². The van der Waals surface area contributed by atoms with Gasteiger partial charge in [0.2, 0.25) is 5.91 Å². The zero-order chi connectivity index (χ0) is 24.6. The number of methoxy groups -OCH3 is 1. The minimum Gasteiger partial charge on any atom is -0.465 e. The van der Waals surface area contributed by atoms with Gasteiger partial charge in [0.15, 0.2) is 0 Å². The van der Waals surface area contributed by atoms with Crippen LogP contribution in [0, 0.1) is 0 Å². The molecule has 9 heteroatoms. The largest absolute Gasteiger partial charge is 0.465 e. The number of para-hydroxylation sites is 1. The first kappa shape index (κ1) is 22.7. The molecule has 0 N–H and O–H groups in total. The Morgan fingerprint density at radius 1 is 1.06 bits per heavy atom. The molecule has 2 atom stereocenters. The van der Waals surface area contributed by atoms with Gasteiger partial charge in [-0.1, -0.05) is 18.2 Å². The highest BCUT2D eigenvalue weighted by Gasteiger charge is 2.41. The van der Waals surface area contributed by atoms with Crippen LogP contribution >= 0.6 is 0 Å². The van der Waals surface area contributed by atoms with E-state index in [2.05, 4.69) is 21.0 Å². The zero-order valence-electron chi connectivity index (χ0n) is 20.4. The lowest BCUT2D eigenvalue weighted by atomic mass is 10.1. The van der Waals surface area contributed by atoms with Crippen molar-refractivity contribution in [2.45, 2.75) is 37.9 Å². The predicted octanol–water partition coefficient (Wildman–Crippen LogP) is 2.29. The van der Waals surface area contributed by atoms with Crippen LogP contribution in [0.3, 0.4) is 0 Å². The average molecular weight is 487 g/mol. The Bertz CT molecular complexity index is 1240. The summed E-state index contributed by atoms with van der Waals surface area (Å²) in [6.07, 6.45) is 6.59. The number of piperazine rings is 1. The number of carbonyl (C=O) groups excluding carboxylic acids is 2. The highest BCUT2D eigenvalue weighted by Crippen LogP contribution is 2.32. The van der Waals surface area contributed by atoms with Crippen molar-refractivity contribution in [2.75, 3.05) is 38.2 Å². The van der Waals surface area contributed by atoms with Crippen LogP contribution in [0.1, 0.15) is 34.5 Å². The van der Waals surface area contributed by atoms with E-state index in [4.69, 9.17) is 9.84 Å². The van der Waals surface area contributed by atoms with Crippen molar-refractivity contribution in [3.8, 4) is 5.69 Å². The van der Waals surface area contributed by atoms with Gasteiger partial charge in [-0.05, 0) is 37.1 Å². The molecule has 9 nitrogen and oxygen atoms in total. The maximum atomic E-state index is 13.3. The topological polar surface area (TPSA) is 83.8 Å². The molecule has 1 amide bonds. The van der Waals surface area contributed by atoms with Crippen LogP contribution in [0.25, 0.3) is 5.69 Å². The quantitative estimate of drug-likeness (QED) is 0.512. The third kappa shape index (κ3) is 4.24. The molecule has 1 aromatic carbocycles. The molecule has 2 unspecified atom stereocenters. The lowest BCUT2D eigenvalue weighted by Gasteiger charge is -2.42. The monoisotopic (exact) mass is 486 g/mol. The van der Waals surface area contributed by atoms with Crippen molar-refractivity contribution in [3.05, 3.63) is 71.7 Å².